The molecule has 1 aromatic rings. The maximum Gasteiger partial charge on any atom is 0.0810 e. The summed E-state index contributed by atoms with van der Waals surface area (Å²) in [7, 11) is 0. The molecule has 2 heterocycles. The first-order chi connectivity index (χ1) is 9.15. The Morgan fingerprint density at radius 3 is 3.05 bits per heavy atom. The topological polar surface area (TPSA) is 60.2 Å². The summed E-state index contributed by atoms with van der Waals surface area (Å²) >= 11 is 0. The highest BCUT2D eigenvalue weighted by molar-refractivity contribution is 5.44. The molecule has 2 unspecified atom stereocenters. The second-order valence-corrected chi connectivity index (χ2v) is 5.55. The minimum Gasteiger partial charge on any atom is -0.398 e. The Morgan fingerprint density at radius 2 is 2.42 bits per heavy atom. The van der Waals surface area contributed by atoms with Crippen LogP contribution in [0.2, 0.25) is 0 Å². The molecule has 0 radical (unpaired) electrons. The highest BCUT2D eigenvalue weighted by Gasteiger charge is 2.38. The van der Waals surface area contributed by atoms with Gasteiger partial charge in [0.1, 0.15) is 0 Å². The van der Waals surface area contributed by atoms with Gasteiger partial charge in [-0.3, -0.25) is 4.98 Å². The maximum atomic E-state index is 6.03. The number of aromatic nitrogens is 1. The predicted molar refractivity (Wildman–Crippen MR) is 78.0 cm³/mol. The molecule has 1 fully saturated rings. The zero-order valence-corrected chi connectivity index (χ0v) is 12.0. The van der Waals surface area contributed by atoms with Gasteiger partial charge in [-0.1, -0.05) is 6.92 Å². The molecule has 0 bridgehead atoms. The molecule has 106 valence electrons. The van der Waals surface area contributed by atoms with E-state index in [0.717, 1.165) is 50.1 Å². The summed E-state index contributed by atoms with van der Waals surface area (Å²) in [6.45, 7) is 6.26. The molecule has 1 aliphatic heterocycles. The lowest BCUT2D eigenvalue weighted by Crippen LogP contribution is -2.50. The second-order valence-electron chi connectivity index (χ2n) is 5.55. The van der Waals surface area contributed by atoms with Gasteiger partial charge < -0.3 is 15.8 Å². The molecule has 3 N–H and O–H groups in total. The van der Waals surface area contributed by atoms with E-state index in [1.54, 1.807) is 6.20 Å². The van der Waals surface area contributed by atoms with Gasteiger partial charge in [-0.05, 0) is 50.8 Å². The fourth-order valence-corrected chi connectivity index (χ4v) is 2.73. The van der Waals surface area contributed by atoms with Crippen molar-refractivity contribution in [2.75, 3.05) is 18.9 Å². The van der Waals surface area contributed by atoms with E-state index in [4.69, 9.17) is 10.5 Å². The predicted octanol–water partition coefficient (Wildman–Crippen LogP) is 2.14. The minimum absolute atomic E-state index is 0.0859. The second kappa shape index (κ2) is 6.35. The molecule has 1 saturated heterocycles. The van der Waals surface area contributed by atoms with Crippen LogP contribution in [0.1, 0.15) is 38.7 Å². The molecule has 4 heteroatoms. The van der Waals surface area contributed by atoms with Crippen molar-refractivity contribution < 1.29 is 4.74 Å². The Bertz CT molecular complexity index is 402. The average molecular weight is 263 g/mol. The van der Waals surface area contributed by atoms with Crippen molar-refractivity contribution >= 4 is 5.69 Å². The van der Waals surface area contributed by atoms with Crippen LogP contribution in [0.3, 0.4) is 0 Å². The Balaban J connectivity index is 2.11. The van der Waals surface area contributed by atoms with Crippen LogP contribution in [0, 0.1) is 0 Å². The summed E-state index contributed by atoms with van der Waals surface area (Å²) in [6.07, 6.45) is 7.85. The Labute approximate surface area is 115 Å². The van der Waals surface area contributed by atoms with Crippen LogP contribution in [0.5, 0.6) is 0 Å². The summed E-state index contributed by atoms with van der Waals surface area (Å²) in [5.74, 6) is 0. The van der Waals surface area contributed by atoms with Crippen LogP contribution in [0.4, 0.5) is 5.69 Å². The molecule has 1 aliphatic rings. The van der Waals surface area contributed by atoms with Crippen LogP contribution >= 0.6 is 0 Å². The highest BCUT2D eigenvalue weighted by Crippen LogP contribution is 2.31. The van der Waals surface area contributed by atoms with Gasteiger partial charge in [0.05, 0.1) is 5.60 Å². The van der Waals surface area contributed by atoms with Gasteiger partial charge in [0, 0.05) is 30.7 Å². The van der Waals surface area contributed by atoms with Crippen LogP contribution < -0.4 is 11.1 Å². The molecular weight excluding hydrogens is 238 g/mol. The monoisotopic (exact) mass is 263 g/mol. The minimum atomic E-state index is -0.0859. The third kappa shape index (κ3) is 3.45. The summed E-state index contributed by atoms with van der Waals surface area (Å²) in [6, 6.07) is 2.16. The van der Waals surface area contributed by atoms with E-state index in [0.29, 0.717) is 6.04 Å². The average Bonchev–Trinajstić information content (AvgIpc) is 2.84. The number of nitrogens with one attached hydrogen (secondary N) is 1. The van der Waals surface area contributed by atoms with Crippen molar-refractivity contribution in [3.63, 3.8) is 0 Å². The van der Waals surface area contributed by atoms with E-state index in [-0.39, 0.29) is 5.60 Å². The van der Waals surface area contributed by atoms with Gasteiger partial charge in [-0.15, -0.1) is 0 Å². The number of pyridine rings is 1. The maximum absolute atomic E-state index is 6.03. The van der Waals surface area contributed by atoms with E-state index in [9.17, 15) is 0 Å². The summed E-state index contributed by atoms with van der Waals surface area (Å²) in [5, 5.41) is 3.62. The van der Waals surface area contributed by atoms with Gasteiger partial charge in [-0.25, -0.2) is 0 Å². The van der Waals surface area contributed by atoms with Crippen molar-refractivity contribution in [2.24, 2.45) is 0 Å². The highest BCUT2D eigenvalue weighted by atomic mass is 16.5. The third-order valence-electron chi connectivity index (χ3n) is 3.99. The number of nitrogens with zero attached hydrogens (tertiary/aromatic N) is 1. The van der Waals surface area contributed by atoms with Crippen molar-refractivity contribution in [1.29, 1.82) is 0 Å². The zero-order chi connectivity index (χ0) is 13.7. The smallest absolute Gasteiger partial charge is 0.0810 e. The van der Waals surface area contributed by atoms with Crippen molar-refractivity contribution in [2.45, 2.75) is 51.2 Å². The molecule has 2 atom stereocenters. The molecule has 0 aliphatic carbocycles. The van der Waals surface area contributed by atoms with Crippen molar-refractivity contribution in [1.82, 2.24) is 10.3 Å². The van der Waals surface area contributed by atoms with Crippen LogP contribution in [-0.2, 0) is 11.2 Å². The van der Waals surface area contributed by atoms with Gasteiger partial charge in [0.15, 0.2) is 0 Å². The number of anilines is 1. The molecule has 4 nitrogen and oxygen atoms in total. The fourth-order valence-electron chi connectivity index (χ4n) is 2.73. The molecule has 0 spiro atoms. The molecule has 1 aromatic heterocycles. The fraction of sp³-hybridized carbons (Fsp3) is 0.667. The lowest BCUT2D eigenvalue weighted by molar-refractivity contribution is -0.0114. The number of hydrogen-bond donors (Lipinski definition) is 2. The molecule has 0 amide bonds. The first kappa shape index (κ1) is 14.3. The number of ether oxygens (including phenoxy) is 1. The largest absolute Gasteiger partial charge is 0.398 e. The van der Waals surface area contributed by atoms with E-state index >= 15 is 0 Å². The lowest BCUT2D eigenvalue weighted by atomic mass is 9.88. The van der Waals surface area contributed by atoms with Gasteiger partial charge in [0.25, 0.3) is 0 Å². The van der Waals surface area contributed by atoms with Crippen LogP contribution in [-0.4, -0.2) is 29.8 Å². The summed E-state index contributed by atoms with van der Waals surface area (Å²) in [4.78, 5) is 4.18. The van der Waals surface area contributed by atoms with E-state index in [1.165, 1.54) is 0 Å². The van der Waals surface area contributed by atoms with Crippen molar-refractivity contribution in [3.05, 3.63) is 24.0 Å². The van der Waals surface area contributed by atoms with Gasteiger partial charge in [0.2, 0.25) is 0 Å². The molecule has 19 heavy (non-hydrogen) atoms. The number of hydrogen-bond acceptors (Lipinski definition) is 4. The van der Waals surface area contributed by atoms with Crippen LogP contribution in [0.25, 0.3) is 0 Å². The van der Waals surface area contributed by atoms with E-state index < -0.39 is 0 Å². The summed E-state index contributed by atoms with van der Waals surface area (Å²) in [5.41, 5.74) is 7.87. The Morgan fingerprint density at radius 1 is 1.58 bits per heavy atom. The quantitative estimate of drug-likeness (QED) is 0.825. The Kier molecular flexibility index (Phi) is 4.77. The first-order valence-electron chi connectivity index (χ1n) is 7.21. The molecular formula is C15H25N3O. The van der Waals surface area contributed by atoms with Gasteiger partial charge >= 0.3 is 0 Å². The molecule has 0 aromatic carbocycles. The third-order valence-corrected chi connectivity index (χ3v) is 3.99. The van der Waals surface area contributed by atoms with Crippen LogP contribution in [0.15, 0.2) is 18.5 Å². The standard InChI is InChI=1S/C15H25N3O/c1-3-7-18-14(15(2)6-4-9-19-15)10-12-11-17-8-5-13(12)16/h5,8,11,14,18H,3-4,6-7,9-10H2,1-2H3,(H2,16,17). The van der Waals surface area contributed by atoms with E-state index in [1.807, 2.05) is 12.3 Å². The van der Waals surface area contributed by atoms with Gasteiger partial charge in [-0.2, -0.15) is 0 Å². The number of rotatable bonds is 6. The lowest BCUT2D eigenvalue weighted by Gasteiger charge is -2.34. The summed E-state index contributed by atoms with van der Waals surface area (Å²) < 4.78 is 5.99. The molecule has 2 rings (SSSR count). The van der Waals surface area contributed by atoms with Crippen molar-refractivity contribution in [3.8, 4) is 0 Å². The number of nitrogen functional groups attached to an aromatic ring is 1. The first-order valence-corrected chi connectivity index (χ1v) is 7.21. The zero-order valence-electron chi connectivity index (χ0n) is 12.0. The number of nitrogens with two attached hydrogens (primary N) is 1. The Hall–Kier alpha value is -1.13. The SMILES string of the molecule is CCCNC(Cc1cnccc1N)C1(C)CCCO1. The normalized spacial score (nSPS) is 24.5. The molecule has 0 saturated carbocycles. The van der Waals surface area contributed by atoms with E-state index in [2.05, 4.69) is 24.1 Å².